The van der Waals surface area contributed by atoms with E-state index in [9.17, 15) is 4.79 Å². The van der Waals surface area contributed by atoms with Crippen LogP contribution in [-0.2, 0) is 11.2 Å². The minimum atomic E-state index is 0.167. The summed E-state index contributed by atoms with van der Waals surface area (Å²) in [6.45, 7) is 4.39. The fraction of sp³-hybridized carbons (Fsp3) is 0.600. The highest BCUT2D eigenvalue weighted by Crippen LogP contribution is 2.34. The Morgan fingerprint density at radius 1 is 1.25 bits per heavy atom. The van der Waals surface area contributed by atoms with Crippen LogP contribution in [0.3, 0.4) is 0 Å². The van der Waals surface area contributed by atoms with Crippen LogP contribution in [0.15, 0.2) is 18.2 Å². The molecule has 1 aliphatic rings. The molecular weight excluding hydrogens is 316 g/mol. The number of para-hydroxylation sites is 1. The molecule has 0 unspecified atom stereocenters. The van der Waals surface area contributed by atoms with E-state index in [1.165, 1.54) is 37.7 Å². The second-order valence-electron chi connectivity index (χ2n) is 6.99. The molecule has 24 heavy (non-hydrogen) atoms. The highest BCUT2D eigenvalue weighted by Gasteiger charge is 2.26. The third-order valence-corrected chi connectivity index (χ3v) is 6.23. The topological polar surface area (TPSA) is 42.0 Å². The number of carbonyl (C=O) groups is 1. The first-order valence-electron chi connectivity index (χ1n) is 9.40. The molecule has 1 saturated carbocycles. The molecule has 1 aliphatic carbocycles. The van der Waals surface area contributed by atoms with Crippen LogP contribution >= 0.6 is 11.3 Å². The monoisotopic (exact) mass is 344 g/mol. The first-order chi connectivity index (χ1) is 11.7. The maximum atomic E-state index is 12.6. The molecule has 1 fully saturated rings. The summed E-state index contributed by atoms with van der Waals surface area (Å²) < 4.78 is 1.16. The molecule has 0 spiro atoms. The normalized spacial score (nSPS) is 21.1. The second kappa shape index (κ2) is 8.11. The van der Waals surface area contributed by atoms with Crippen LogP contribution in [0.5, 0.6) is 0 Å². The van der Waals surface area contributed by atoms with Gasteiger partial charge < -0.3 is 5.32 Å². The quantitative estimate of drug-likeness (QED) is 0.720. The molecule has 4 heteroatoms. The molecule has 0 aliphatic heterocycles. The van der Waals surface area contributed by atoms with E-state index >= 15 is 0 Å². The van der Waals surface area contributed by atoms with E-state index in [0.29, 0.717) is 0 Å². The van der Waals surface area contributed by atoms with E-state index in [0.717, 1.165) is 40.5 Å². The van der Waals surface area contributed by atoms with Crippen LogP contribution in [0.1, 0.15) is 64.4 Å². The van der Waals surface area contributed by atoms with Crippen molar-refractivity contribution in [1.29, 1.82) is 0 Å². The lowest BCUT2D eigenvalue weighted by molar-refractivity contribution is -0.121. The number of hydrogen-bond acceptors (Lipinski definition) is 3. The molecule has 2 aromatic rings. The van der Waals surface area contributed by atoms with Crippen molar-refractivity contribution < 1.29 is 4.79 Å². The summed E-state index contributed by atoms with van der Waals surface area (Å²) in [6, 6.07) is 6.27. The molecule has 1 aromatic carbocycles. The summed E-state index contributed by atoms with van der Waals surface area (Å²) in [5.74, 6) is 1.17. The molecule has 1 aromatic heterocycles. The summed E-state index contributed by atoms with van der Waals surface area (Å²) in [5.41, 5.74) is 2.30. The Hall–Kier alpha value is -1.42. The summed E-state index contributed by atoms with van der Waals surface area (Å²) in [5, 5.41) is 3.83. The molecule has 3 nitrogen and oxygen atoms in total. The third-order valence-electron chi connectivity index (χ3n) is 5.30. The molecule has 130 valence electrons. The maximum absolute atomic E-state index is 12.6. The predicted octanol–water partition coefficient (Wildman–Crippen LogP) is 5.79. The number of rotatable bonds is 6. The van der Waals surface area contributed by atoms with Crippen LogP contribution in [0.25, 0.3) is 10.2 Å². The lowest BCUT2D eigenvalue weighted by atomic mass is 9.79. The van der Waals surface area contributed by atoms with Crippen molar-refractivity contribution in [3.8, 4) is 0 Å². The number of fused-ring (bicyclic) bond motifs is 1. The Morgan fingerprint density at radius 2 is 2.04 bits per heavy atom. The largest absolute Gasteiger partial charge is 0.302 e. The van der Waals surface area contributed by atoms with Crippen molar-refractivity contribution >= 4 is 32.6 Å². The molecule has 1 amide bonds. The van der Waals surface area contributed by atoms with Gasteiger partial charge in [0, 0.05) is 5.92 Å². The van der Waals surface area contributed by atoms with Crippen LogP contribution in [0.2, 0.25) is 0 Å². The van der Waals surface area contributed by atoms with Crippen LogP contribution < -0.4 is 5.32 Å². The number of carbonyl (C=O) groups excluding carboxylic acids is 1. The fourth-order valence-corrected chi connectivity index (χ4v) is 4.67. The van der Waals surface area contributed by atoms with Gasteiger partial charge in [-0.05, 0) is 49.7 Å². The zero-order chi connectivity index (χ0) is 16.9. The number of aromatic nitrogens is 1. The van der Waals surface area contributed by atoms with Crippen molar-refractivity contribution in [2.45, 2.75) is 65.2 Å². The number of amides is 1. The van der Waals surface area contributed by atoms with Gasteiger partial charge in [-0.15, -0.1) is 0 Å². The van der Waals surface area contributed by atoms with E-state index in [1.807, 2.05) is 0 Å². The number of hydrogen-bond donors (Lipinski definition) is 1. The third kappa shape index (κ3) is 3.97. The van der Waals surface area contributed by atoms with Gasteiger partial charge in [0.15, 0.2) is 5.13 Å². The van der Waals surface area contributed by atoms with Gasteiger partial charge in [0.2, 0.25) is 5.91 Å². The molecular formula is C20H28N2OS. The fourth-order valence-electron chi connectivity index (χ4n) is 3.76. The van der Waals surface area contributed by atoms with E-state index < -0.39 is 0 Å². The Morgan fingerprint density at radius 3 is 2.75 bits per heavy atom. The lowest BCUT2D eigenvalue weighted by Crippen LogP contribution is -2.27. The standard InChI is InChI=1S/C20H28N2OS/c1-3-5-7-14-10-12-16(13-11-14)19(23)22-20-21-18-15(4-2)8-6-9-17(18)24-20/h6,8-9,14,16H,3-5,7,10-13H2,1-2H3,(H,21,22,23). The van der Waals surface area contributed by atoms with Crippen molar-refractivity contribution in [2.75, 3.05) is 5.32 Å². The predicted molar refractivity (Wildman–Crippen MR) is 103 cm³/mol. The van der Waals surface area contributed by atoms with Gasteiger partial charge in [-0.3, -0.25) is 4.79 Å². The highest BCUT2D eigenvalue weighted by molar-refractivity contribution is 7.22. The number of thiazole rings is 1. The molecule has 0 atom stereocenters. The van der Waals surface area contributed by atoms with Crippen LogP contribution in [0.4, 0.5) is 5.13 Å². The van der Waals surface area contributed by atoms with E-state index in [1.54, 1.807) is 11.3 Å². The molecule has 1 heterocycles. The molecule has 3 rings (SSSR count). The number of aryl methyl sites for hydroxylation is 1. The zero-order valence-corrected chi connectivity index (χ0v) is 15.6. The van der Waals surface area contributed by atoms with Crippen molar-refractivity contribution in [3.63, 3.8) is 0 Å². The first kappa shape index (κ1) is 17.4. The Balaban J connectivity index is 1.59. The molecule has 0 saturated heterocycles. The van der Waals surface area contributed by atoms with Crippen molar-refractivity contribution in [3.05, 3.63) is 23.8 Å². The Bertz CT molecular complexity index is 686. The maximum Gasteiger partial charge on any atom is 0.229 e. The minimum Gasteiger partial charge on any atom is -0.302 e. The number of nitrogens with zero attached hydrogens (tertiary/aromatic N) is 1. The summed E-state index contributed by atoms with van der Waals surface area (Å²) in [4.78, 5) is 17.2. The van der Waals surface area contributed by atoms with Crippen LogP contribution in [-0.4, -0.2) is 10.9 Å². The minimum absolute atomic E-state index is 0.167. The van der Waals surface area contributed by atoms with Gasteiger partial charge in [0.05, 0.1) is 10.2 Å². The first-order valence-corrected chi connectivity index (χ1v) is 10.2. The summed E-state index contributed by atoms with van der Waals surface area (Å²) in [7, 11) is 0. The molecule has 1 N–H and O–H groups in total. The van der Waals surface area contributed by atoms with E-state index in [2.05, 4.69) is 42.3 Å². The average Bonchev–Trinajstić information content (AvgIpc) is 3.02. The lowest BCUT2D eigenvalue weighted by Gasteiger charge is -2.27. The van der Waals surface area contributed by atoms with E-state index in [-0.39, 0.29) is 11.8 Å². The van der Waals surface area contributed by atoms with Gasteiger partial charge in [-0.25, -0.2) is 4.98 Å². The number of nitrogens with one attached hydrogen (secondary N) is 1. The van der Waals surface area contributed by atoms with Crippen molar-refractivity contribution in [1.82, 2.24) is 4.98 Å². The number of benzene rings is 1. The van der Waals surface area contributed by atoms with E-state index in [4.69, 9.17) is 0 Å². The number of unbranched alkanes of at least 4 members (excludes halogenated alkanes) is 1. The Labute approximate surface area is 148 Å². The zero-order valence-electron chi connectivity index (χ0n) is 14.8. The van der Waals surface area contributed by atoms with Gasteiger partial charge >= 0.3 is 0 Å². The smallest absolute Gasteiger partial charge is 0.229 e. The second-order valence-corrected chi connectivity index (χ2v) is 8.02. The van der Waals surface area contributed by atoms with Gasteiger partial charge in [-0.2, -0.15) is 0 Å². The average molecular weight is 345 g/mol. The number of anilines is 1. The van der Waals surface area contributed by atoms with Crippen LogP contribution in [0, 0.1) is 11.8 Å². The van der Waals surface area contributed by atoms with Gasteiger partial charge in [0.1, 0.15) is 0 Å². The Kier molecular flexibility index (Phi) is 5.88. The van der Waals surface area contributed by atoms with Gasteiger partial charge in [0.25, 0.3) is 0 Å². The summed E-state index contributed by atoms with van der Waals surface area (Å²) in [6.07, 6.45) is 9.38. The SMILES string of the molecule is CCCCC1CCC(C(=O)Nc2nc3c(CC)cccc3s2)CC1. The molecule has 0 bridgehead atoms. The summed E-state index contributed by atoms with van der Waals surface area (Å²) >= 11 is 1.59. The highest BCUT2D eigenvalue weighted by atomic mass is 32.1. The van der Waals surface area contributed by atoms with Gasteiger partial charge in [-0.1, -0.05) is 56.6 Å². The molecule has 0 radical (unpaired) electrons. The van der Waals surface area contributed by atoms with Crippen molar-refractivity contribution in [2.24, 2.45) is 11.8 Å².